The van der Waals surface area contributed by atoms with Crippen molar-refractivity contribution in [3.63, 3.8) is 0 Å². The fraction of sp³-hybridized carbons (Fsp3) is 0.625. The molecule has 0 saturated heterocycles. The van der Waals surface area contributed by atoms with Crippen LogP contribution in [0.3, 0.4) is 0 Å². The zero-order valence-electron chi connectivity index (χ0n) is 29.6. The minimum absolute atomic E-state index is 0.373. The van der Waals surface area contributed by atoms with E-state index in [-0.39, 0.29) is 4.90 Å². The molecule has 19 heavy (non-hydrogen) atoms. The van der Waals surface area contributed by atoms with Gasteiger partial charge in [-0.3, -0.25) is 0 Å². The Hall–Kier alpha value is -1.06. The predicted octanol–water partition coefficient (Wildman–Crippen LogP) is 2.73. The second-order valence-corrected chi connectivity index (χ2v) is 3.82. The van der Waals surface area contributed by atoms with Crippen LogP contribution in [0, 0.1) is 0 Å². The summed E-state index contributed by atoms with van der Waals surface area (Å²) in [6.45, 7) is -9.04. The lowest BCUT2D eigenvalue weighted by Crippen LogP contribution is -2.42. The Morgan fingerprint density at radius 1 is 1.32 bits per heavy atom. The van der Waals surface area contributed by atoms with Crippen molar-refractivity contribution in [2.24, 2.45) is 0 Å². The molecule has 0 bridgehead atoms. The number of aliphatic hydroxyl groups is 1. The highest BCUT2D eigenvalue weighted by molar-refractivity contribution is 5.30. The molecule has 1 aromatic carbocycles. The number of nitrogens with zero attached hydrogens (tertiary/aromatic N) is 1. The summed E-state index contributed by atoms with van der Waals surface area (Å²) in [5, 5.41) is 21.8. The number of hydrogen-bond donors (Lipinski definition) is 2. The quantitative estimate of drug-likeness (QED) is 0.893. The van der Waals surface area contributed by atoms with Crippen LogP contribution < -0.4 is 0 Å². The number of likely N-dealkylation sites (N-methyl/N-ethyl adjacent to an activating group) is 1. The van der Waals surface area contributed by atoms with Crippen LogP contribution in [0.2, 0.25) is 0 Å². The van der Waals surface area contributed by atoms with Gasteiger partial charge in [0, 0.05) is 34.4 Å². The Bertz CT molecular complexity index is 1070. The molecule has 1 aromatic rings. The molecule has 0 radical (unpaired) electrons. The van der Waals surface area contributed by atoms with Crippen molar-refractivity contribution in [2.75, 3.05) is 20.5 Å². The van der Waals surface area contributed by atoms with Gasteiger partial charge in [-0.15, -0.1) is 0 Å². The molecule has 1 aliphatic rings. The van der Waals surface area contributed by atoms with Gasteiger partial charge >= 0.3 is 0 Å². The molecule has 0 spiro atoms. The van der Waals surface area contributed by atoms with Gasteiger partial charge in [0.1, 0.15) is 5.75 Å². The van der Waals surface area contributed by atoms with Crippen molar-refractivity contribution in [3.8, 4) is 5.75 Å². The van der Waals surface area contributed by atoms with E-state index in [9.17, 15) is 10.2 Å². The Kier molecular flexibility index (Phi) is 1.06. The van der Waals surface area contributed by atoms with Crippen LogP contribution >= 0.6 is 0 Å². The first kappa shape index (κ1) is 3.40. The maximum Gasteiger partial charge on any atom is 0.115 e. The van der Waals surface area contributed by atoms with E-state index in [0.717, 1.165) is 0 Å². The summed E-state index contributed by atoms with van der Waals surface area (Å²) >= 11 is 0. The monoisotopic (exact) mass is 283 g/mol. The van der Waals surface area contributed by atoms with Gasteiger partial charge in [-0.05, 0) is 44.3 Å². The summed E-state index contributed by atoms with van der Waals surface area (Å²) in [5.74, 6) is -4.20. The van der Waals surface area contributed by atoms with Gasteiger partial charge in [0.2, 0.25) is 0 Å². The standard InChI is InChI=1S/C16H25NO2/c1-17(2)12-15(13-6-8-14(18)9-7-13)16(19)10-4-3-5-11-16/h6-9,15,18-19H,3-5,10-12H2,1-2H3/i1D3,2D3,3D2,4D2,5D2,6D,7D,8D,9D,10D2,11D2. The molecular weight excluding hydrogens is 238 g/mol. The van der Waals surface area contributed by atoms with E-state index >= 15 is 0 Å². The lowest BCUT2D eigenvalue weighted by molar-refractivity contribution is -0.0277. The molecule has 1 fully saturated rings. The molecule has 1 unspecified atom stereocenters. The van der Waals surface area contributed by atoms with Crippen LogP contribution in [0.5, 0.6) is 5.75 Å². The van der Waals surface area contributed by atoms with Gasteiger partial charge in [-0.1, -0.05) is 31.2 Å². The predicted molar refractivity (Wildman–Crippen MR) is 77.4 cm³/mol. The average molecular weight is 284 g/mol. The highest BCUT2D eigenvalue weighted by Gasteiger charge is 2.38. The zero-order valence-corrected chi connectivity index (χ0v) is 9.63. The van der Waals surface area contributed by atoms with E-state index in [1.54, 1.807) is 0 Å². The van der Waals surface area contributed by atoms with Crippen LogP contribution in [0.15, 0.2) is 24.2 Å². The second kappa shape index (κ2) is 5.93. The number of benzene rings is 1. The SMILES string of the molecule is [2H]c1c([2H])c(C(CN(C([2H])([2H])[2H])C([2H])([2H])[2H])C2(O)C([2H])([2H])C([2H])([2H])C([2H])([2H])C([2H])([2H])C2([2H])[2H])c([2H])c([2H])c1O. The molecule has 0 aromatic heterocycles. The van der Waals surface area contributed by atoms with Crippen molar-refractivity contribution >= 4 is 0 Å². The third-order valence-corrected chi connectivity index (χ3v) is 2.48. The van der Waals surface area contributed by atoms with Gasteiger partial charge in [-0.2, -0.15) is 0 Å². The number of phenolic OH excluding ortho intramolecular Hbond substituents is 1. The van der Waals surface area contributed by atoms with Gasteiger partial charge < -0.3 is 15.1 Å². The molecule has 1 saturated carbocycles. The van der Waals surface area contributed by atoms with Crippen molar-refractivity contribution in [1.82, 2.24) is 4.90 Å². The molecule has 0 heterocycles. The average Bonchev–Trinajstić information content (AvgIpc) is 2.74. The normalized spacial score (nSPS) is 50.4. The third-order valence-electron chi connectivity index (χ3n) is 2.48. The van der Waals surface area contributed by atoms with Gasteiger partial charge in [0.05, 0.1) is 11.1 Å². The Labute approximate surface area is 144 Å². The largest absolute Gasteiger partial charge is 0.508 e. The topological polar surface area (TPSA) is 43.7 Å². The summed E-state index contributed by atoms with van der Waals surface area (Å²) in [6.07, 6.45) is -20.8. The Balaban J connectivity index is 3.23. The molecule has 3 nitrogen and oxygen atoms in total. The molecule has 2 rings (SSSR count). The second-order valence-electron chi connectivity index (χ2n) is 3.82. The fourth-order valence-corrected chi connectivity index (χ4v) is 1.59. The molecular formula is C16H25NO2. The lowest BCUT2D eigenvalue weighted by atomic mass is 9.72. The van der Waals surface area contributed by atoms with Gasteiger partial charge in [0.25, 0.3) is 0 Å². The van der Waals surface area contributed by atoms with Crippen LogP contribution in [0.4, 0.5) is 0 Å². The fourth-order valence-electron chi connectivity index (χ4n) is 1.59. The number of rotatable bonds is 4. The first-order valence-electron chi connectivity index (χ1n) is 15.2. The molecule has 0 aliphatic heterocycles. The highest BCUT2D eigenvalue weighted by atomic mass is 16.3. The van der Waals surface area contributed by atoms with Crippen molar-refractivity contribution in [3.05, 3.63) is 29.7 Å². The molecule has 3 heteroatoms. The molecule has 1 aliphatic carbocycles. The minimum Gasteiger partial charge on any atom is -0.508 e. The van der Waals surface area contributed by atoms with E-state index < -0.39 is 99.4 Å². The molecule has 0 amide bonds. The number of phenols is 1. The third kappa shape index (κ3) is 3.48. The van der Waals surface area contributed by atoms with E-state index in [1.165, 1.54) is 0 Å². The van der Waals surface area contributed by atoms with Crippen molar-refractivity contribution < 1.29 is 37.6 Å². The van der Waals surface area contributed by atoms with E-state index in [1.807, 2.05) is 0 Å². The number of hydrogen-bond acceptors (Lipinski definition) is 3. The molecule has 106 valence electrons. The smallest absolute Gasteiger partial charge is 0.115 e. The highest BCUT2D eigenvalue weighted by Crippen LogP contribution is 2.40. The first-order chi connectivity index (χ1) is 16.9. The van der Waals surface area contributed by atoms with Crippen molar-refractivity contribution in [2.45, 2.75) is 43.4 Å². The molecule has 2 N–H and O–H groups in total. The summed E-state index contributed by atoms with van der Waals surface area (Å²) in [7, 11) is 0. The lowest BCUT2D eigenvalue weighted by Gasteiger charge is -2.40. The van der Waals surface area contributed by atoms with Crippen LogP contribution in [0.1, 0.15) is 70.8 Å². The van der Waals surface area contributed by atoms with E-state index in [0.29, 0.717) is 0 Å². The van der Waals surface area contributed by atoms with Crippen LogP contribution in [-0.2, 0) is 0 Å². The maximum absolute atomic E-state index is 11.9. The minimum atomic E-state index is -4.31. The van der Waals surface area contributed by atoms with Crippen molar-refractivity contribution in [1.29, 1.82) is 0 Å². The zero-order chi connectivity index (χ0) is 31.3. The van der Waals surface area contributed by atoms with E-state index in [2.05, 4.69) is 0 Å². The summed E-state index contributed by atoms with van der Waals surface area (Å²) in [6, 6.07) is -5.17. The maximum atomic E-state index is 11.9. The first-order valence-corrected chi connectivity index (χ1v) is 5.20. The van der Waals surface area contributed by atoms with Gasteiger partial charge in [-0.25, -0.2) is 0 Å². The van der Waals surface area contributed by atoms with Crippen LogP contribution in [0.25, 0.3) is 0 Å². The van der Waals surface area contributed by atoms with Gasteiger partial charge in [0.15, 0.2) is 0 Å². The van der Waals surface area contributed by atoms with Crippen LogP contribution in [-0.4, -0.2) is 41.2 Å². The summed E-state index contributed by atoms with van der Waals surface area (Å²) in [5.41, 5.74) is -5.58. The Morgan fingerprint density at radius 3 is 2.53 bits per heavy atom. The molecule has 1 atom stereocenters. The summed E-state index contributed by atoms with van der Waals surface area (Å²) < 4.78 is 160. The Morgan fingerprint density at radius 2 is 1.95 bits per heavy atom. The number of aromatic hydroxyl groups is 1. The van der Waals surface area contributed by atoms with E-state index in [4.69, 9.17) is 27.4 Å². The summed E-state index contributed by atoms with van der Waals surface area (Å²) in [4.78, 5) is -0.373.